The van der Waals surface area contributed by atoms with E-state index in [1.807, 2.05) is 43.3 Å². The lowest BCUT2D eigenvalue weighted by molar-refractivity contribution is -0.122. The monoisotopic (exact) mass is 360 g/mol. The highest BCUT2D eigenvalue weighted by molar-refractivity contribution is 6.31. The van der Waals surface area contributed by atoms with Gasteiger partial charge in [0.2, 0.25) is 5.91 Å². The van der Waals surface area contributed by atoms with Crippen molar-refractivity contribution in [2.45, 2.75) is 18.4 Å². The van der Waals surface area contributed by atoms with Gasteiger partial charge in [0, 0.05) is 17.5 Å². The van der Waals surface area contributed by atoms with Gasteiger partial charge < -0.3 is 10.2 Å². The molecule has 1 fully saturated rings. The van der Waals surface area contributed by atoms with Crippen LogP contribution in [0.15, 0.2) is 48.5 Å². The molecule has 3 atom stereocenters. The predicted molar refractivity (Wildman–Crippen MR) is 98.1 cm³/mol. The molecule has 2 aromatic rings. The zero-order valence-corrected chi connectivity index (χ0v) is 15.1. The molecule has 0 heterocycles. The van der Waals surface area contributed by atoms with E-state index in [1.165, 1.54) is 12.1 Å². The Kier molecular flexibility index (Phi) is 5.40. The minimum atomic E-state index is -0.258. The highest BCUT2D eigenvalue weighted by Gasteiger charge is 2.44. The van der Waals surface area contributed by atoms with E-state index >= 15 is 0 Å². The van der Waals surface area contributed by atoms with Gasteiger partial charge in [0.1, 0.15) is 5.82 Å². The van der Waals surface area contributed by atoms with E-state index in [4.69, 9.17) is 11.6 Å². The molecule has 0 spiro atoms. The third-order valence-electron chi connectivity index (χ3n) is 4.78. The van der Waals surface area contributed by atoms with Crippen molar-refractivity contribution in [1.82, 2.24) is 10.2 Å². The number of rotatable bonds is 6. The molecular weight excluding hydrogens is 339 g/mol. The van der Waals surface area contributed by atoms with Crippen LogP contribution in [0.25, 0.3) is 0 Å². The van der Waals surface area contributed by atoms with Crippen LogP contribution in [0.1, 0.15) is 29.5 Å². The molecule has 1 saturated carbocycles. The first-order valence-corrected chi connectivity index (χ1v) is 8.79. The molecular formula is C20H22ClFN2O. The summed E-state index contributed by atoms with van der Waals surface area (Å²) < 4.78 is 13.1. The summed E-state index contributed by atoms with van der Waals surface area (Å²) in [5, 5.41) is 3.76. The van der Waals surface area contributed by atoms with Gasteiger partial charge in [0.25, 0.3) is 0 Å². The van der Waals surface area contributed by atoms with E-state index in [0.717, 1.165) is 22.6 Å². The Balaban J connectivity index is 1.60. The van der Waals surface area contributed by atoms with Crippen molar-refractivity contribution < 1.29 is 9.18 Å². The van der Waals surface area contributed by atoms with E-state index in [0.29, 0.717) is 6.54 Å². The fraction of sp³-hybridized carbons (Fsp3) is 0.350. The number of amides is 1. The average Bonchev–Trinajstić information content (AvgIpc) is 3.37. The third kappa shape index (κ3) is 4.20. The molecule has 0 saturated heterocycles. The number of halogens is 2. The number of benzene rings is 2. The second-order valence-electron chi connectivity index (χ2n) is 6.75. The Labute approximate surface area is 152 Å². The van der Waals surface area contributed by atoms with Crippen LogP contribution < -0.4 is 5.32 Å². The molecule has 1 aliphatic carbocycles. The largest absolute Gasteiger partial charge is 0.354 e. The first kappa shape index (κ1) is 17.9. The summed E-state index contributed by atoms with van der Waals surface area (Å²) in [6.07, 6.45) is 0.832. The normalized spacial score (nSPS) is 20.4. The van der Waals surface area contributed by atoms with Crippen molar-refractivity contribution in [1.29, 1.82) is 0 Å². The number of hydrogen-bond donors (Lipinski definition) is 1. The van der Waals surface area contributed by atoms with E-state index in [-0.39, 0.29) is 29.6 Å². The Morgan fingerprint density at radius 1 is 1.24 bits per heavy atom. The smallest absolute Gasteiger partial charge is 0.223 e. The van der Waals surface area contributed by atoms with Crippen LogP contribution in [0.2, 0.25) is 5.02 Å². The van der Waals surface area contributed by atoms with Gasteiger partial charge in [0.15, 0.2) is 0 Å². The van der Waals surface area contributed by atoms with E-state index in [2.05, 4.69) is 5.32 Å². The molecule has 25 heavy (non-hydrogen) atoms. The average molecular weight is 361 g/mol. The highest BCUT2D eigenvalue weighted by Crippen LogP contribution is 2.49. The van der Waals surface area contributed by atoms with Crippen LogP contribution in [0.4, 0.5) is 4.39 Å². The van der Waals surface area contributed by atoms with Gasteiger partial charge in [0.05, 0.1) is 6.04 Å². The summed E-state index contributed by atoms with van der Waals surface area (Å²) >= 11 is 6.22. The number of carbonyl (C=O) groups excluding carboxylic acids is 1. The lowest BCUT2D eigenvalue weighted by Gasteiger charge is -2.25. The standard InChI is InChI=1S/C20H22ClFN2O/c1-24(2)19(13-7-9-14(22)10-8-13)12-23-20(25)17-11-16(17)15-5-3-4-6-18(15)21/h3-10,16-17,19H,11-12H2,1-2H3,(H,23,25). The summed E-state index contributed by atoms with van der Waals surface area (Å²) in [7, 11) is 3.90. The minimum absolute atomic E-state index is 0.00191. The van der Waals surface area contributed by atoms with Gasteiger partial charge in [-0.1, -0.05) is 41.9 Å². The minimum Gasteiger partial charge on any atom is -0.354 e. The number of nitrogens with zero attached hydrogens (tertiary/aromatic N) is 1. The quantitative estimate of drug-likeness (QED) is 0.844. The van der Waals surface area contributed by atoms with E-state index in [1.54, 1.807) is 12.1 Å². The van der Waals surface area contributed by atoms with Gasteiger partial charge in [-0.15, -0.1) is 0 Å². The molecule has 5 heteroatoms. The fourth-order valence-corrected chi connectivity index (χ4v) is 3.49. The molecule has 0 bridgehead atoms. The fourth-order valence-electron chi connectivity index (χ4n) is 3.22. The maximum atomic E-state index is 13.1. The first-order chi connectivity index (χ1) is 12.0. The number of likely N-dealkylation sites (N-methyl/N-ethyl adjacent to an activating group) is 1. The van der Waals surface area contributed by atoms with Crippen LogP contribution in [0.5, 0.6) is 0 Å². The zero-order valence-electron chi connectivity index (χ0n) is 14.4. The zero-order chi connectivity index (χ0) is 18.0. The summed E-state index contributed by atoms with van der Waals surface area (Å²) in [4.78, 5) is 14.5. The number of hydrogen-bond acceptors (Lipinski definition) is 2. The number of carbonyl (C=O) groups is 1. The first-order valence-electron chi connectivity index (χ1n) is 8.41. The van der Waals surface area contributed by atoms with Crippen LogP contribution in [-0.2, 0) is 4.79 Å². The van der Waals surface area contributed by atoms with Crippen LogP contribution >= 0.6 is 11.6 Å². The Bertz CT molecular complexity index is 748. The van der Waals surface area contributed by atoms with E-state index < -0.39 is 0 Å². The lowest BCUT2D eigenvalue weighted by atomic mass is 10.1. The molecule has 132 valence electrons. The Morgan fingerprint density at radius 2 is 1.92 bits per heavy atom. The SMILES string of the molecule is CN(C)C(CNC(=O)C1CC1c1ccccc1Cl)c1ccc(F)cc1. The van der Waals surface area contributed by atoms with Crippen LogP contribution in [0.3, 0.4) is 0 Å². The topological polar surface area (TPSA) is 32.3 Å². The summed E-state index contributed by atoms with van der Waals surface area (Å²) in [6, 6.07) is 14.1. The molecule has 1 amide bonds. The van der Waals surface area contributed by atoms with Crippen molar-refractivity contribution in [3.63, 3.8) is 0 Å². The van der Waals surface area contributed by atoms with Gasteiger partial charge in [-0.3, -0.25) is 4.79 Å². The second kappa shape index (κ2) is 7.54. The van der Waals surface area contributed by atoms with Crippen molar-refractivity contribution >= 4 is 17.5 Å². The Morgan fingerprint density at radius 3 is 2.56 bits per heavy atom. The van der Waals surface area contributed by atoms with E-state index in [9.17, 15) is 9.18 Å². The van der Waals surface area contributed by atoms with Gasteiger partial charge >= 0.3 is 0 Å². The van der Waals surface area contributed by atoms with Gasteiger partial charge in [-0.05, 0) is 55.8 Å². The van der Waals surface area contributed by atoms with Gasteiger partial charge in [-0.25, -0.2) is 4.39 Å². The molecule has 3 unspecified atom stereocenters. The molecule has 1 N–H and O–H groups in total. The van der Waals surface area contributed by atoms with Crippen molar-refractivity contribution in [2.75, 3.05) is 20.6 Å². The summed E-state index contributed by atoms with van der Waals surface area (Å²) in [5.41, 5.74) is 2.03. The summed E-state index contributed by atoms with van der Waals surface area (Å²) in [5.74, 6) is -0.0157. The van der Waals surface area contributed by atoms with Crippen molar-refractivity contribution in [3.8, 4) is 0 Å². The van der Waals surface area contributed by atoms with Crippen LogP contribution in [-0.4, -0.2) is 31.4 Å². The molecule has 1 aliphatic rings. The summed E-state index contributed by atoms with van der Waals surface area (Å²) in [6.45, 7) is 0.489. The number of nitrogens with one attached hydrogen (secondary N) is 1. The second-order valence-corrected chi connectivity index (χ2v) is 7.15. The third-order valence-corrected chi connectivity index (χ3v) is 5.12. The molecule has 0 radical (unpaired) electrons. The van der Waals surface area contributed by atoms with Crippen molar-refractivity contribution in [3.05, 3.63) is 70.5 Å². The maximum absolute atomic E-state index is 13.1. The Hall–Kier alpha value is -1.91. The highest BCUT2D eigenvalue weighted by atomic mass is 35.5. The van der Waals surface area contributed by atoms with Crippen LogP contribution in [0, 0.1) is 11.7 Å². The molecule has 2 aromatic carbocycles. The van der Waals surface area contributed by atoms with Gasteiger partial charge in [-0.2, -0.15) is 0 Å². The maximum Gasteiger partial charge on any atom is 0.223 e. The molecule has 3 nitrogen and oxygen atoms in total. The molecule has 3 rings (SSSR count). The van der Waals surface area contributed by atoms with Crippen molar-refractivity contribution in [2.24, 2.45) is 5.92 Å². The molecule has 0 aliphatic heterocycles. The molecule has 0 aromatic heterocycles. The predicted octanol–water partition coefficient (Wildman–Crippen LogP) is 4.00. The lowest BCUT2D eigenvalue weighted by Crippen LogP contribution is -2.35.